The zero-order valence-corrected chi connectivity index (χ0v) is 12.9. The fraction of sp³-hybridized carbons (Fsp3) is 0.400. The van der Waals surface area contributed by atoms with Gasteiger partial charge in [0, 0.05) is 25.8 Å². The van der Waals surface area contributed by atoms with Crippen LogP contribution in [0.1, 0.15) is 12.0 Å². The van der Waals surface area contributed by atoms with Gasteiger partial charge in [0.05, 0.1) is 0 Å². The quantitative estimate of drug-likeness (QED) is 0.774. The SMILES string of the molecule is Cc1ccc(NC[C@@H]2CCN(c3ccc4nnnn4n3)C2)nc1. The monoisotopic (exact) mass is 310 g/mol. The molecule has 1 N–H and O–H groups in total. The molecular formula is C15H18N8. The van der Waals surface area contributed by atoms with Gasteiger partial charge in [-0.05, 0) is 53.5 Å². The Morgan fingerprint density at radius 3 is 3.09 bits per heavy atom. The number of pyridine rings is 1. The second-order valence-corrected chi connectivity index (χ2v) is 5.92. The van der Waals surface area contributed by atoms with Gasteiger partial charge in [0.15, 0.2) is 11.5 Å². The van der Waals surface area contributed by atoms with Crippen molar-refractivity contribution in [1.82, 2.24) is 30.2 Å². The lowest BCUT2D eigenvalue weighted by molar-refractivity contribution is 0.619. The summed E-state index contributed by atoms with van der Waals surface area (Å²) < 4.78 is 1.47. The van der Waals surface area contributed by atoms with Crippen molar-refractivity contribution >= 4 is 17.3 Å². The minimum absolute atomic E-state index is 0.574. The van der Waals surface area contributed by atoms with Crippen molar-refractivity contribution in [2.24, 2.45) is 5.92 Å². The van der Waals surface area contributed by atoms with Crippen LogP contribution >= 0.6 is 0 Å². The predicted octanol–water partition coefficient (Wildman–Crippen LogP) is 1.16. The molecule has 0 saturated carbocycles. The zero-order chi connectivity index (χ0) is 15.6. The van der Waals surface area contributed by atoms with Crippen LogP contribution in [0, 0.1) is 12.8 Å². The van der Waals surface area contributed by atoms with Crippen molar-refractivity contribution in [2.75, 3.05) is 29.9 Å². The molecule has 8 nitrogen and oxygen atoms in total. The summed E-state index contributed by atoms with van der Waals surface area (Å²) in [6.45, 7) is 4.92. The Bertz CT molecular complexity index is 797. The van der Waals surface area contributed by atoms with Crippen LogP contribution in [0.2, 0.25) is 0 Å². The number of anilines is 2. The highest BCUT2D eigenvalue weighted by Crippen LogP contribution is 2.22. The average Bonchev–Trinajstić information content (AvgIpc) is 3.22. The molecule has 8 heteroatoms. The maximum Gasteiger partial charge on any atom is 0.200 e. The first-order chi connectivity index (χ1) is 11.3. The van der Waals surface area contributed by atoms with E-state index in [1.807, 2.05) is 31.3 Å². The van der Waals surface area contributed by atoms with Crippen molar-refractivity contribution in [3.8, 4) is 0 Å². The molecule has 0 amide bonds. The molecule has 118 valence electrons. The van der Waals surface area contributed by atoms with Gasteiger partial charge < -0.3 is 10.2 Å². The van der Waals surface area contributed by atoms with Crippen molar-refractivity contribution < 1.29 is 0 Å². The van der Waals surface area contributed by atoms with Crippen molar-refractivity contribution in [3.05, 3.63) is 36.0 Å². The number of hydrogen-bond donors (Lipinski definition) is 1. The average molecular weight is 310 g/mol. The largest absolute Gasteiger partial charge is 0.370 e. The molecule has 0 spiro atoms. The summed E-state index contributed by atoms with van der Waals surface area (Å²) in [5, 5.41) is 19.2. The Kier molecular flexibility index (Phi) is 3.49. The molecule has 1 aliphatic heterocycles. The van der Waals surface area contributed by atoms with Gasteiger partial charge in [-0.15, -0.1) is 14.8 Å². The molecule has 3 aromatic rings. The Morgan fingerprint density at radius 1 is 1.26 bits per heavy atom. The maximum atomic E-state index is 4.45. The van der Waals surface area contributed by atoms with Gasteiger partial charge >= 0.3 is 0 Å². The van der Waals surface area contributed by atoms with Crippen LogP contribution in [0.25, 0.3) is 5.65 Å². The van der Waals surface area contributed by atoms with Crippen LogP contribution in [0.15, 0.2) is 30.5 Å². The Morgan fingerprint density at radius 2 is 2.22 bits per heavy atom. The summed E-state index contributed by atoms with van der Waals surface area (Å²) in [5.41, 5.74) is 1.84. The standard InChI is InChI=1S/C15H18N8/c1-11-2-3-13(16-8-11)17-9-12-6-7-22(10-12)15-5-4-14-18-20-21-23(14)19-15/h2-5,8,12H,6-7,9-10H2,1H3,(H,16,17)/t12-/m0/s1. The van der Waals surface area contributed by atoms with Gasteiger partial charge in [-0.2, -0.15) is 0 Å². The smallest absolute Gasteiger partial charge is 0.200 e. The first-order valence-corrected chi connectivity index (χ1v) is 7.75. The number of nitrogens with one attached hydrogen (secondary N) is 1. The number of fused-ring (bicyclic) bond motifs is 1. The Labute approximate surface area is 133 Å². The molecular weight excluding hydrogens is 292 g/mol. The minimum atomic E-state index is 0.574. The molecule has 0 radical (unpaired) electrons. The highest BCUT2D eigenvalue weighted by atomic mass is 15.6. The number of aromatic nitrogens is 6. The fourth-order valence-electron chi connectivity index (χ4n) is 2.84. The molecule has 23 heavy (non-hydrogen) atoms. The van der Waals surface area contributed by atoms with E-state index in [2.05, 4.69) is 41.9 Å². The fourth-order valence-corrected chi connectivity index (χ4v) is 2.84. The third-order valence-corrected chi connectivity index (χ3v) is 4.15. The predicted molar refractivity (Wildman–Crippen MR) is 86.4 cm³/mol. The summed E-state index contributed by atoms with van der Waals surface area (Å²) in [6, 6.07) is 7.96. The van der Waals surface area contributed by atoms with Crippen molar-refractivity contribution in [1.29, 1.82) is 0 Å². The van der Waals surface area contributed by atoms with Crippen molar-refractivity contribution in [2.45, 2.75) is 13.3 Å². The molecule has 1 atom stereocenters. The lowest BCUT2D eigenvalue weighted by Gasteiger charge is -2.17. The van der Waals surface area contributed by atoms with E-state index < -0.39 is 0 Å². The van der Waals surface area contributed by atoms with Crippen LogP contribution < -0.4 is 10.2 Å². The number of nitrogens with zero attached hydrogens (tertiary/aromatic N) is 7. The van der Waals surface area contributed by atoms with Gasteiger partial charge in [-0.25, -0.2) is 4.98 Å². The molecule has 0 aliphatic carbocycles. The van der Waals surface area contributed by atoms with Crippen LogP contribution in [0.4, 0.5) is 11.6 Å². The van der Waals surface area contributed by atoms with E-state index in [0.717, 1.165) is 37.7 Å². The van der Waals surface area contributed by atoms with E-state index in [1.54, 1.807) is 0 Å². The number of hydrogen-bond acceptors (Lipinski definition) is 7. The summed E-state index contributed by atoms with van der Waals surface area (Å²) in [6.07, 6.45) is 3.02. The normalized spacial score (nSPS) is 17.8. The lowest BCUT2D eigenvalue weighted by atomic mass is 10.1. The second-order valence-electron chi connectivity index (χ2n) is 5.92. The third-order valence-electron chi connectivity index (χ3n) is 4.15. The molecule has 3 aromatic heterocycles. The van der Waals surface area contributed by atoms with E-state index in [-0.39, 0.29) is 0 Å². The van der Waals surface area contributed by atoms with Gasteiger partial charge in [0.1, 0.15) is 5.82 Å². The van der Waals surface area contributed by atoms with Gasteiger partial charge in [0.25, 0.3) is 0 Å². The van der Waals surface area contributed by atoms with E-state index in [0.29, 0.717) is 11.6 Å². The summed E-state index contributed by atoms with van der Waals surface area (Å²) in [5.74, 6) is 2.42. The topological polar surface area (TPSA) is 84.1 Å². The van der Waals surface area contributed by atoms with E-state index in [4.69, 9.17) is 0 Å². The maximum absolute atomic E-state index is 4.45. The molecule has 4 heterocycles. The zero-order valence-electron chi connectivity index (χ0n) is 12.9. The number of tetrazole rings is 1. The molecule has 1 aliphatic rings. The third kappa shape index (κ3) is 2.92. The lowest BCUT2D eigenvalue weighted by Crippen LogP contribution is -2.24. The van der Waals surface area contributed by atoms with E-state index >= 15 is 0 Å². The second kappa shape index (κ2) is 5.79. The minimum Gasteiger partial charge on any atom is -0.370 e. The highest BCUT2D eigenvalue weighted by Gasteiger charge is 2.23. The van der Waals surface area contributed by atoms with Crippen LogP contribution in [-0.2, 0) is 0 Å². The molecule has 4 rings (SSSR count). The Hall–Kier alpha value is -2.77. The molecule has 0 bridgehead atoms. The number of rotatable bonds is 4. The summed E-state index contributed by atoms with van der Waals surface area (Å²) in [7, 11) is 0. The highest BCUT2D eigenvalue weighted by molar-refractivity contribution is 5.45. The summed E-state index contributed by atoms with van der Waals surface area (Å²) in [4.78, 5) is 6.66. The number of aryl methyl sites for hydroxylation is 1. The Balaban J connectivity index is 1.37. The molecule has 0 aromatic carbocycles. The van der Waals surface area contributed by atoms with Crippen LogP contribution in [0.5, 0.6) is 0 Å². The van der Waals surface area contributed by atoms with Crippen LogP contribution in [-0.4, -0.2) is 49.9 Å². The summed E-state index contributed by atoms with van der Waals surface area (Å²) >= 11 is 0. The van der Waals surface area contributed by atoms with Gasteiger partial charge in [-0.3, -0.25) is 0 Å². The van der Waals surface area contributed by atoms with Crippen LogP contribution in [0.3, 0.4) is 0 Å². The molecule has 0 unspecified atom stereocenters. The molecule has 1 saturated heterocycles. The van der Waals surface area contributed by atoms with Gasteiger partial charge in [0.2, 0.25) is 0 Å². The first kappa shape index (κ1) is 13.9. The molecule has 1 fully saturated rings. The van der Waals surface area contributed by atoms with Crippen molar-refractivity contribution in [3.63, 3.8) is 0 Å². The van der Waals surface area contributed by atoms with E-state index in [1.165, 1.54) is 10.2 Å². The van der Waals surface area contributed by atoms with E-state index in [9.17, 15) is 0 Å². The van der Waals surface area contributed by atoms with Gasteiger partial charge in [-0.1, -0.05) is 6.07 Å². The first-order valence-electron chi connectivity index (χ1n) is 7.75.